The Bertz CT molecular complexity index is 428. The lowest BCUT2D eigenvalue weighted by molar-refractivity contribution is -0.385. The second-order valence-electron chi connectivity index (χ2n) is 3.21. The molecule has 0 saturated carbocycles. The number of hydrogen-bond donors (Lipinski definition) is 1. The molecular formula is C9H8N2O3. The van der Waals surface area contributed by atoms with Gasteiger partial charge in [-0.15, -0.1) is 0 Å². The van der Waals surface area contributed by atoms with Gasteiger partial charge in [-0.3, -0.25) is 14.9 Å². The summed E-state index contributed by atoms with van der Waals surface area (Å²) in [4.78, 5) is 21.5. The molecule has 1 aromatic carbocycles. The van der Waals surface area contributed by atoms with Crippen molar-refractivity contribution in [2.24, 2.45) is 0 Å². The van der Waals surface area contributed by atoms with E-state index in [0.29, 0.717) is 11.3 Å². The van der Waals surface area contributed by atoms with Gasteiger partial charge in [0.05, 0.1) is 22.1 Å². The maximum Gasteiger partial charge on any atom is 0.275 e. The zero-order valence-corrected chi connectivity index (χ0v) is 7.48. The number of amides is 1. The van der Waals surface area contributed by atoms with Crippen LogP contribution in [0, 0.1) is 10.1 Å². The minimum atomic E-state index is -0.463. The Hall–Kier alpha value is -1.91. The van der Waals surface area contributed by atoms with Gasteiger partial charge in [0.1, 0.15) is 0 Å². The summed E-state index contributed by atoms with van der Waals surface area (Å²) in [6.45, 7) is 1.66. The predicted molar refractivity (Wildman–Crippen MR) is 50.1 cm³/mol. The van der Waals surface area contributed by atoms with Crippen LogP contribution in [0.4, 0.5) is 11.4 Å². The van der Waals surface area contributed by atoms with Gasteiger partial charge in [-0.2, -0.15) is 0 Å². The van der Waals surface area contributed by atoms with E-state index in [9.17, 15) is 14.9 Å². The fraction of sp³-hybridized carbons (Fsp3) is 0.222. The standard InChI is InChI=1S/C9H8N2O3/c1-5-8-6(10-9(5)12)3-2-4-7(8)11(13)14/h2-5H,1H3,(H,10,12). The fourth-order valence-corrected chi connectivity index (χ4v) is 1.65. The molecule has 0 aromatic heterocycles. The SMILES string of the molecule is CC1C(=O)Nc2cccc([N+](=O)[O-])c21. The van der Waals surface area contributed by atoms with Crippen molar-refractivity contribution in [2.45, 2.75) is 12.8 Å². The minimum absolute atomic E-state index is 0.00773. The van der Waals surface area contributed by atoms with Crippen molar-refractivity contribution in [3.05, 3.63) is 33.9 Å². The van der Waals surface area contributed by atoms with Crippen molar-refractivity contribution in [1.29, 1.82) is 0 Å². The van der Waals surface area contributed by atoms with E-state index in [1.807, 2.05) is 0 Å². The van der Waals surface area contributed by atoms with E-state index in [1.54, 1.807) is 19.1 Å². The van der Waals surface area contributed by atoms with E-state index in [0.717, 1.165) is 0 Å². The van der Waals surface area contributed by atoms with E-state index in [2.05, 4.69) is 5.32 Å². The summed E-state index contributed by atoms with van der Waals surface area (Å²) in [5.41, 5.74) is 1.05. The number of fused-ring (bicyclic) bond motifs is 1. The van der Waals surface area contributed by atoms with Gasteiger partial charge in [0, 0.05) is 6.07 Å². The van der Waals surface area contributed by atoms with E-state index < -0.39 is 10.8 Å². The highest BCUT2D eigenvalue weighted by Gasteiger charge is 2.33. The molecule has 0 fully saturated rings. The summed E-state index contributed by atoms with van der Waals surface area (Å²) < 4.78 is 0. The topological polar surface area (TPSA) is 72.2 Å². The highest BCUT2D eigenvalue weighted by atomic mass is 16.6. The number of carbonyl (C=O) groups excluding carboxylic acids is 1. The summed E-state index contributed by atoms with van der Waals surface area (Å²) in [7, 11) is 0. The molecule has 0 aliphatic carbocycles. The van der Waals surface area contributed by atoms with Crippen LogP contribution in [0.15, 0.2) is 18.2 Å². The highest BCUT2D eigenvalue weighted by Crippen LogP contribution is 2.38. The second kappa shape index (κ2) is 2.80. The Labute approximate surface area is 79.9 Å². The number of benzene rings is 1. The molecule has 1 aliphatic heterocycles. The van der Waals surface area contributed by atoms with Crippen LogP contribution in [0.5, 0.6) is 0 Å². The van der Waals surface area contributed by atoms with E-state index in [1.165, 1.54) is 6.07 Å². The molecule has 1 heterocycles. The Morgan fingerprint density at radius 3 is 2.86 bits per heavy atom. The average molecular weight is 192 g/mol. The molecule has 2 rings (SSSR count). The third kappa shape index (κ3) is 1.06. The molecule has 1 unspecified atom stereocenters. The van der Waals surface area contributed by atoms with Gasteiger partial charge in [0.15, 0.2) is 0 Å². The van der Waals surface area contributed by atoms with Crippen LogP contribution in [0.1, 0.15) is 18.4 Å². The van der Waals surface area contributed by atoms with Crippen LogP contribution < -0.4 is 5.32 Å². The van der Waals surface area contributed by atoms with Gasteiger partial charge < -0.3 is 5.32 Å². The van der Waals surface area contributed by atoms with E-state index >= 15 is 0 Å². The molecule has 1 N–H and O–H groups in total. The van der Waals surface area contributed by atoms with Gasteiger partial charge in [0.2, 0.25) is 5.91 Å². The van der Waals surface area contributed by atoms with Crippen molar-refractivity contribution < 1.29 is 9.72 Å². The van der Waals surface area contributed by atoms with E-state index in [4.69, 9.17) is 0 Å². The number of hydrogen-bond acceptors (Lipinski definition) is 3. The molecule has 1 amide bonds. The molecule has 1 aliphatic rings. The Morgan fingerprint density at radius 1 is 1.50 bits per heavy atom. The summed E-state index contributed by atoms with van der Waals surface area (Å²) in [5, 5.41) is 13.3. The Balaban J connectivity index is 2.64. The largest absolute Gasteiger partial charge is 0.325 e. The van der Waals surface area contributed by atoms with Gasteiger partial charge in [-0.1, -0.05) is 6.07 Å². The van der Waals surface area contributed by atoms with Crippen molar-refractivity contribution in [3.63, 3.8) is 0 Å². The van der Waals surface area contributed by atoms with Crippen molar-refractivity contribution in [3.8, 4) is 0 Å². The molecule has 5 heteroatoms. The summed E-state index contributed by atoms with van der Waals surface area (Å²) in [5.74, 6) is -0.624. The smallest absolute Gasteiger partial charge is 0.275 e. The molecule has 14 heavy (non-hydrogen) atoms. The molecule has 0 bridgehead atoms. The fourth-order valence-electron chi connectivity index (χ4n) is 1.65. The molecule has 0 radical (unpaired) electrons. The molecule has 0 spiro atoms. The number of nitro groups is 1. The number of nitro benzene ring substituents is 1. The number of anilines is 1. The van der Waals surface area contributed by atoms with Gasteiger partial charge in [0.25, 0.3) is 5.69 Å². The number of nitrogens with one attached hydrogen (secondary N) is 1. The Morgan fingerprint density at radius 2 is 2.21 bits per heavy atom. The summed E-state index contributed by atoms with van der Waals surface area (Å²) in [6.07, 6.45) is 0. The van der Waals surface area contributed by atoms with Crippen LogP contribution in [0.2, 0.25) is 0 Å². The van der Waals surface area contributed by atoms with Crippen LogP contribution in [0.25, 0.3) is 0 Å². The third-order valence-corrected chi connectivity index (χ3v) is 2.36. The number of rotatable bonds is 1. The first kappa shape index (κ1) is 8.68. The minimum Gasteiger partial charge on any atom is -0.325 e. The highest BCUT2D eigenvalue weighted by molar-refractivity contribution is 6.04. The van der Waals surface area contributed by atoms with Gasteiger partial charge >= 0.3 is 0 Å². The molecule has 5 nitrogen and oxygen atoms in total. The lowest BCUT2D eigenvalue weighted by atomic mass is 10.0. The lowest BCUT2D eigenvalue weighted by Crippen LogP contribution is -2.08. The van der Waals surface area contributed by atoms with E-state index in [-0.39, 0.29) is 11.6 Å². The number of carbonyl (C=O) groups is 1. The second-order valence-corrected chi connectivity index (χ2v) is 3.21. The number of nitrogens with zero attached hydrogens (tertiary/aromatic N) is 1. The summed E-state index contributed by atoms with van der Waals surface area (Å²) >= 11 is 0. The summed E-state index contributed by atoms with van der Waals surface area (Å²) in [6, 6.07) is 4.65. The average Bonchev–Trinajstić information content (AvgIpc) is 2.43. The zero-order chi connectivity index (χ0) is 10.3. The quantitative estimate of drug-likeness (QED) is 0.543. The third-order valence-electron chi connectivity index (χ3n) is 2.36. The molecule has 1 aromatic rings. The van der Waals surface area contributed by atoms with Crippen molar-refractivity contribution in [1.82, 2.24) is 0 Å². The first-order valence-electron chi connectivity index (χ1n) is 4.19. The normalized spacial score (nSPS) is 18.9. The van der Waals surface area contributed by atoms with Crippen molar-refractivity contribution in [2.75, 3.05) is 5.32 Å². The lowest BCUT2D eigenvalue weighted by Gasteiger charge is -2.01. The van der Waals surface area contributed by atoms with Crippen LogP contribution in [-0.4, -0.2) is 10.8 Å². The first-order chi connectivity index (χ1) is 6.61. The predicted octanol–water partition coefficient (Wildman–Crippen LogP) is 1.65. The molecule has 72 valence electrons. The zero-order valence-electron chi connectivity index (χ0n) is 7.48. The molecular weight excluding hydrogens is 184 g/mol. The Kier molecular flexibility index (Phi) is 1.73. The van der Waals surface area contributed by atoms with Gasteiger partial charge in [-0.05, 0) is 13.0 Å². The first-order valence-corrected chi connectivity index (χ1v) is 4.19. The maximum atomic E-state index is 11.3. The molecule has 0 saturated heterocycles. The maximum absolute atomic E-state index is 11.3. The molecule has 1 atom stereocenters. The van der Waals surface area contributed by atoms with Crippen LogP contribution in [-0.2, 0) is 4.79 Å². The monoisotopic (exact) mass is 192 g/mol. The van der Waals surface area contributed by atoms with Crippen LogP contribution in [0.3, 0.4) is 0 Å². The van der Waals surface area contributed by atoms with Crippen LogP contribution >= 0.6 is 0 Å². The van der Waals surface area contributed by atoms with Crippen molar-refractivity contribution >= 4 is 17.3 Å². The van der Waals surface area contributed by atoms with Gasteiger partial charge in [-0.25, -0.2) is 0 Å².